The van der Waals surface area contributed by atoms with Crippen LogP contribution in [0.4, 0.5) is 24.5 Å². The molecule has 2 aromatic rings. The Bertz CT molecular complexity index is 1120. The number of benzene rings is 2. The fourth-order valence-electron chi connectivity index (χ4n) is 4.26. The summed E-state index contributed by atoms with van der Waals surface area (Å²) in [4.78, 5) is 41.6. The van der Waals surface area contributed by atoms with Crippen molar-refractivity contribution in [2.24, 2.45) is 5.92 Å². The second kappa shape index (κ2) is 11.1. The van der Waals surface area contributed by atoms with E-state index in [2.05, 4.69) is 15.5 Å². The average Bonchev–Trinajstić information content (AvgIpc) is 3.26. The highest BCUT2D eigenvalue weighted by atomic mass is 19.4. The van der Waals surface area contributed by atoms with Crippen molar-refractivity contribution in [3.63, 3.8) is 0 Å². The number of hydrogen-bond donors (Lipinski definition) is 2. The zero-order chi connectivity index (χ0) is 25.7. The largest absolute Gasteiger partial charge is 0.416 e. The summed E-state index contributed by atoms with van der Waals surface area (Å²) in [6.45, 7) is 4.00. The molecule has 0 saturated carbocycles. The number of nitrogens with zero attached hydrogens (tertiary/aromatic N) is 2. The Hall–Kier alpha value is -3.44. The lowest BCUT2D eigenvalue weighted by Crippen LogP contribution is -2.41. The van der Waals surface area contributed by atoms with Gasteiger partial charge in [-0.1, -0.05) is 18.2 Å². The topological polar surface area (TPSA) is 91.0 Å². The molecule has 0 spiro atoms. The number of anilines is 2. The molecule has 2 heterocycles. The first-order valence-electron chi connectivity index (χ1n) is 11.7. The summed E-state index contributed by atoms with van der Waals surface area (Å²) in [6, 6.07) is 11.0. The zero-order valence-electron chi connectivity index (χ0n) is 19.5. The van der Waals surface area contributed by atoms with Gasteiger partial charge in [0, 0.05) is 44.8 Å². The van der Waals surface area contributed by atoms with E-state index in [0.29, 0.717) is 32.0 Å². The highest BCUT2D eigenvalue weighted by Crippen LogP contribution is 2.33. The summed E-state index contributed by atoms with van der Waals surface area (Å²) in [5.74, 6) is -2.04. The second-order valence-corrected chi connectivity index (χ2v) is 8.70. The maximum atomic E-state index is 13.1. The highest BCUT2D eigenvalue weighted by molar-refractivity contribution is 6.07. The number of rotatable bonds is 7. The smallest absolute Gasteiger partial charge is 0.379 e. The maximum absolute atomic E-state index is 13.1. The molecule has 2 saturated heterocycles. The van der Waals surface area contributed by atoms with Gasteiger partial charge in [-0.2, -0.15) is 13.2 Å². The summed E-state index contributed by atoms with van der Waals surface area (Å²) < 4.78 is 44.5. The molecule has 36 heavy (non-hydrogen) atoms. The summed E-state index contributed by atoms with van der Waals surface area (Å²) in [6.07, 6.45) is -4.68. The zero-order valence-corrected chi connectivity index (χ0v) is 19.5. The molecule has 1 atom stereocenters. The van der Waals surface area contributed by atoms with Crippen LogP contribution in [0.1, 0.15) is 22.3 Å². The lowest BCUT2D eigenvalue weighted by molar-refractivity contribution is -0.137. The number of ether oxygens (including phenoxy) is 1. The summed E-state index contributed by atoms with van der Waals surface area (Å²) in [7, 11) is 0. The van der Waals surface area contributed by atoms with Crippen LogP contribution in [0.3, 0.4) is 0 Å². The number of nitrogens with one attached hydrogen (secondary N) is 2. The lowest BCUT2D eigenvalue weighted by Gasteiger charge is -2.26. The van der Waals surface area contributed by atoms with Crippen LogP contribution in [-0.4, -0.2) is 68.6 Å². The number of carbonyl (C=O) groups is 3. The van der Waals surface area contributed by atoms with Crippen LogP contribution in [0.15, 0.2) is 48.5 Å². The van der Waals surface area contributed by atoms with Crippen LogP contribution in [0, 0.1) is 5.92 Å². The van der Waals surface area contributed by atoms with Crippen molar-refractivity contribution in [2.75, 3.05) is 56.2 Å². The molecule has 2 N–H and O–H groups in total. The van der Waals surface area contributed by atoms with Crippen LogP contribution >= 0.6 is 0 Å². The molecule has 11 heteroatoms. The monoisotopic (exact) mass is 504 g/mol. The lowest BCUT2D eigenvalue weighted by atomic mass is 10.1. The molecule has 192 valence electrons. The predicted octanol–water partition coefficient (Wildman–Crippen LogP) is 2.76. The Labute approximate surface area is 206 Å². The first-order valence-corrected chi connectivity index (χ1v) is 11.7. The molecular formula is C25H27F3N4O4. The Morgan fingerprint density at radius 1 is 1.06 bits per heavy atom. The summed E-state index contributed by atoms with van der Waals surface area (Å²) >= 11 is 0. The van der Waals surface area contributed by atoms with Gasteiger partial charge < -0.3 is 20.3 Å². The third kappa shape index (κ3) is 6.21. The van der Waals surface area contributed by atoms with Gasteiger partial charge in [0.15, 0.2) is 0 Å². The van der Waals surface area contributed by atoms with Crippen molar-refractivity contribution in [3.8, 4) is 0 Å². The minimum Gasteiger partial charge on any atom is -0.379 e. The Kier molecular flexibility index (Phi) is 7.90. The Morgan fingerprint density at radius 3 is 2.56 bits per heavy atom. The van der Waals surface area contributed by atoms with Gasteiger partial charge in [0.1, 0.15) is 0 Å². The SMILES string of the molecule is O=C(NCCN1CCOCC1)c1ccccc1NC(=O)[C@H]1CC(=O)N(c2cccc(C(F)(F)F)c2)C1. The fraction of sp³-hybridized carbons (Fsp3) is 0.400. The minimum absolute atomic E-state index is 0.0557. The average molecular weight is 505 g/mol. The van der Waals surface area contributed by atoms with E-state index < -0.39 is 29.5 Å². The van der Waals surface area contributed by atoms with Gasteiger partial charge >= 0.3 is 6.18 Å². The standard InChI is InChI=1S/C25H27F3N4O4/c26-25(27,28)18-4-3-5-19(15-18)32-16-17(14-22(32)33)23(34)30-21-7-2-1-6-20(21)24(35)29-8-9-31-10-12-36-13-11-31/h1-7,15,17H,8-14,16H2,(H,29,35)(H,30,34)/t17-/m0/s1. The van der Waals surface area contributed by atoms with Gasteiger partial charge in [-0.05, 0) is 30.3 Å². The van der Waals surface area contributed by atoms with Crippen LogP contribution in [0.25, 0.3) is 0 Å². The molecule has 0 bridgehead atoms. The number of halogens is 3. The van der Waals surface area contributed by atoms with Crippen LogP contribution in [0.5, 0.6) is 0 Å². The molecule has 0 aromatic heterocycles. The molecule has 2 aromatic carbocycles. The third-order valence-electron chi connectivity index (χ3n) is 6.23. The van der Waals surface area contributed by atoms with E-state index in [9.17, 15) is 27.6 Å². The number of amides is 3. The van der Waals surface area contributed by atoms with Gasteiger partial charge in [0.05, 0.1) is 35.9 Å². The molecule has 2 aliphatic rings. The molecule has 3 amide bonds. The van der Waals surface area contributed by atoms with Crippen molar-refractivity contribution in [3.05, 3.63) is 59.7 Å². The van der Waals surface area contributed by atoms with Crippen LogP contribution in [-0.2, 0) is 20.5 Å². The summed E-state index contributed by atoms with van der Waals surface area (Å²) in [5, 5.41) is 5.57. The van der Waals surface area contributed by atoms with Crippen molar-refractivity contribution in [2.45, 2.75) is 12.6 Å². The van der Waals surface area contributed by atoms with Gasteiger partial charge in [0.25, 0.3) is 5.91 Å². The normalized spacial score (nSPS) is 18.8. The number of carbonyl (C=O) groups excluding carboxylic acids is 3. The van der Waals surface area contributed by atoms with E-state index in [1.807, 2.05) is 0 Å². The molecule has 4 rings (SSSR count). The first kappa shape index (κ1) is 25.6. The number of para-hydroxylation sites is 1. The Morgan fingerprint density at radius 2 is 1.81 bits per heavy atom. The molecule has 0 unspecified atom stereocenters. The van der Waals surface area contributed by atoms with E-state index in [-0.39, 0.29) is 30.1 Å². The van der Waals surface area contributed by atoms with E-state index in [1.54, 1.807) is 24.3 Å². The molecule has 2 fully saturated rings. The molecule has 2 aliphatic heterocycles. The van der Waals surface area contributed by atoms with Crippen molar-refractivity contribution in [1.29, 1.82) is 0 Å². The minimum atomic E-state index is -4.54. The van der Waals surface area contributed by atoms with Crippen molar-refractivity contribution < 1.29 is 32.3 Å². The fourth-order valence-corrected chi connectivity index (χ4v) is 4.26. The van der Waals surface area contributed by atoms with Gasteiger partial charge in [-0.15, -0.1) is 0 Å². The third-order valence-corrected chi connectivity index (χ3v) is 6.23. The van der Waals surface area contributed by atoms with Gasteiger partial charge in [-0.25, -0.2) is 0 Å². The van der Waals surface area contributed by atoms with Gasteiger partial charge in [0.2, 0.25) is 11.8 Å². The number of morpholine rings is 1. The quantitative estimate of drug-likeness (QED) is 0.605. The summed E-state index contributed by atoms with van der Waals surface area (Å²) in [5.41, 5.74) is -0.192. The maximum Gasteiger partial charge on any atom is 0.416 e. The van der Waals surface area contributed by atoms with Crippen molar-refractivity contribution >= 4 is 29.1 Å². The van der Waals surface area contributed by atoms with E-state index >= 15 is 0 Å². The molecule has 8 nitrogen and oxygen atoms in total. The number of alkyl halides is 3. The first-order chi connectivity index (χ1) is 17.2. The molecule has 0 radical (unpaired) electrons. The highest BCUT2D eigenvalue weighted by Gasteiger charge is 2.37. The Balaban J connectivity index is 1.37. The molecule has 0 aliphatic carbocycles. The predicted molar refractivity (Wildman–Crippen MR) is 127 cm³/mol. The van der Waals surface area contributed by atoms with E-state index in [1.165, 1.54) is 17.0 Å². The van der Waals surface area contributed by atoms with E-state index in [0.717, 1.165) is 25.2 Å². The van der Waals surface area contributed by atoms with Crippen molar-refractivity contribution in [1.82, 2.24) is 10.2 Å². The second-order valence-electron chi connectivity index (χ2n) is 8.70. The molecular weight excluding hydrogens is 477 g/mol. The number of hydrogen-bond acceptors (Lipinski definition) is 5. The van der Waals surface area contributed by atoms with Gasteiger partial charge in [-0.3, -0.25) is 19.3 Å². The van der Waals surface area contributed by atoms with Crippen LogP contribution in [0.2, 0.25) is 0 Å². The van der Waals surface area contributed by atoms with Crippen LogP contribution < -0.4 is 15.5 Å². The van der Waals surface area contributed by atoms with E-state index in [4.69, 9.17) is 4.74 Å².